The fraction of sp³-hybridized carbons (Fsp3) is 0.661. The van der Waals surface area contributed by atoms with Crippen molar-refractivity contribution in [3.05, 3.63) is 54.1 Å². The van der Waals surface area contributed by atoms with Gasteiger partial charge in [0.25, 0.3) is 0 Å². The minimum atomic E-state index is -4.71. The molecule has 0 bridgehead atoms. The van der Waals surface area contributed by atoms with Crippen molar-refractivity contribution in [1.82, 2.24) is 20.3 Å². The summed E-state index contributed by atoms with van der Waals surface area (Å²) in [6, 6.07) is 14.9. The van der Waals surface area contributed by atoms with E-state index in [0.29, 0.717) is 63.1 Å². The number of Topliss-reactive ketones (excluding diaryl/α,β-unsaturated/α-hetero) is 2. The lowest BCUT2D eigenvalue weighted by atomic mass is 9.95. The van der Waals surface area contributed by atoms with Crippen molar-refractivity contribution in [2.24, 2.45) is 5.73 Å². The van der Waals surface area contributed by atoms with E-state index in [1.165, 1.54) is 6.92 Å². The maximum atomic E-state index is 14.1. The molecule has 3 amide bonds. The highest BCUT2D eigenvalue weighted by Crippen LogP contribution is 2.52. The van der Waals surface area contributed by atoms with E-state index < -0.39 is 95.9 Å². The Kier molecular flexibility index (Phi) is 29.3. The zero-order valence-electron chi connectivity index (χ0n) is 51.3. The SMILES string of the molecule is CC(=O)N[C@H](CCCCn1nnc2c1-c1ccccc1CN(C(=O)CCCC(=O)CCOCCC(=O)CCOP(=O)(O)OC[C@@H]1OCC[C@@H]1OP(O)(=S)OC[C@H]1OCCC1OP(O)(=S)OC[C@@H]1OCC[C@@H]1OP(O)(=S)OC[C@H]1OCCC1O)c1ccccc1-2)CC(N)=O. The van der Waals surface area contributed by atoms with Crippen LogP contribution in [0.3, 0.4) is 0 Å². The van der Waals surface area contributed by atoms with Crippen molar-refractivity contribution in [2.75, 3.05) is 77.6 Å². The van der Waals surface area contributed by atoms with Crippen LogP contribution in [0.4, 0.5) is 5.69 Å². The third kappa shape index (κ3) is 24.0. The van der Waals surface area contributed by atoms with Gasteiger partial charge in [-0.15, -0.1) is 5.10 Å². The first-order chi connectivity index (χ1) is 44.3. The number of hydrogen-bond acceptors (Lipinski definition) is 25. The normalized spacial score (nSPS) is 24.9. The molecular weight excluding hydrogens is 1360 g/mol. The van der Waals surface area contributed by atoms with Gasteiger partial charge in [0.05, 0.1) is 88.6 Å². The number of nitrogens with one attached hydrogen (secondary N) is 1. The number of para-hydroxylation sites is 1. The number of ether oxygens (including phenoxy) is 5. The Morgan fingerprint density at radius 1 is 0.656 bits per heavy atom. The average Bonchev–Trinajstić information content (AvgIpc) is 1.32. The highest BCUT2D eigenvalue weighted by atomic mass is 32.5. The summed E-state index contributed by atoms with van der Waals surface area (Å²) in [7, 11) is -4.71. The van der Waals surface area contributed by atoms with Crippen molar-refractivity contribution < 1.29 is 113 Å². The molecular formula is C56H82N6O24P4S3. The van der Waals surface area contributed by atoms with Gasteiger partial charge in [0.2, 0.25) is 17.7 Å². The largest absolute Gasteiger partial charge is 0.472 e. The Balaban J connectivity index is 0.682. The van der Waals surface area contributed by atoms with E-state index in [0.717, 1.165) is 22.4 Å². The highest BCUT2D eigenvalue weighted by Gasteiger charge is 2.42. The van der Waals surface area contributed by atoms with Crippen LogP contribution < -0.4 is 16.0 Å². The zero-order valence-corrected chi connectivity index (χ0v) is 57.3. The van der Waals surface area contributed by atoms with Crippen molar-refractivity contribution in [1.29, 1.82) is 0 Å². The van der Waals surface area contributed by atoms with Crippen LogP contribution in [0.5, 0.6) is 0 Å². The van der Waals surface area contributed by atoms with E-state index in [1.807, 2.05) is 53.2 Å². The number of unbranched alkanes of at least 4 members (excludes halogenated alkanes) is 1. The molecule has 3 aromatic rings. The number of rotatable bonds is 40. The van der Waals surface area contributed by atoms with E-state index in [4.69, 9.17) is 101 Å². The Morgan fingerprint density at radius 3 is 1.74 bits per heavy atom. The molecule has 5 aliphatic heterocycles. The van der Waals surface area contributed by atoms with Crippen LogP contribution in [0, 0.1) is 0 Å². The summed E-state index contributed by atoms with van der Waals surface area (Å²) in [6.07, 6.45) is -3.06. The number of primary amides is 1. The number of nitrogens with zero attached hydrogens (tertiary/aromatic N) is 4. The molecule has 0 radical (unpaired) electrons. The molecule has 5 aliphatic rings. The molecule has 37 heteroatoms. The van der Waals surface area contributed by atoms with Crippen LogP contribution in [0.25, 0.3) is 22.5 Å². The molecule has 0 saturated carbocycles. The maximum absolute atomic E-state index is 14.1. The maximum Gasteiger partial charge on any atom is 0.472 e. The number of anilines is 1. The van der Waals surface area contributed by atoms with Crippen molar-refractivity contribution >= 4 is 98.4 Å². The number of aromatic nitrogens is 3. The van der Waals surface area contributed by atoms with Crippen LogP contribution in [-0.4, -0.2) is 197 Å². The molecule has 4 saturated heterocycles. The second kappa shape index (κ2) is 36.0. The zero-order chi connectivity index (χ0) is 66.8. The van der Waals surface area contributed by atoms with E-state index >= 15 is 0 Å². The Morgan fingerprint density at radius 2 is 1.17 bits per heavy atom. The summed E-state index contributed by atoms with van der Waals surface area (Å²) in [5, 5.41) is 21.9. The van der Waals surface area contributed by atoms with Gasteiger partial charge in [-0.2, -0.15) is 0 Å². The lowest BCUT2D eigenvalue weighted by Crippen LogP contribution is -2.36. The first kappa shape index (κ1) is 75.6. The van der Waals surface area contributed by atoms with Gasteiger partial charge in [0.1, 0.15) is 41.7 Å². The van der Waals surface area contributed by atoms with Gasteiger partial charge in [-0.3, -0.25) is 33.0 Å². The second-order valence-electron chi connectivity index (χ2n) is 22.7. The molecule has 0 aliphatic carbocycles. The minimum absolute atomic E-state index is 0.0113. The van der Waals surface area contributed by atoms with E-state index in [2.05, 4.69) is 15.6 Å². The minimum Gasteiger partial charge on any atom is -0.390 e. The summed E-state index contributed by atoms with van der Waals surface area (Å²) in [5.74, 6) is -1.36. The van der Waals surface area contributed by atoms with Gasteiger partial charge >= 0.3 is 28.0 Å². The fourth-order valence-electron chi connectivity index (χ4n) is 11.0. The molecule has 4 fully saturated rings. The summed E-state index contributed by atoms with van der Waals surface area (Å²) in [6.45, 7) is -10.4. The number of amides is 3. The molecule has 518 valence electrons. The number of hydrogen-bond donors (Lipinski definition) is 7. The molecule has 1 aromatic heterocycles. The van der Waals surface area contributed by atoms with Gasteiger partial charge < -0.3 is 91.5 Å². The van der Waals surface area contributed by atoms with Crippen molar-refractivity contribution in [3.8, 4) is 22.5 Å². The lowest BCUT2D eigenvalue weighted by Gasteiger charge is -2.28. The molecule has 6 unspecified atom stereocenters. The number of carbonyl (C=O) groups excluding carboxylic acids is 5. The van der Waals surface area contributed by atoms with E-state index in [1.54, 1.807) is 4.90 Å². The predicted molar refractivity (Wildman–Crippen MR) is 343 cm³/mol. The number of carbonyl (C=O) groups is 5. The number of fused-ring (bicyclic) bond motifs is 5. The third-order valence-corrected chi connectivity index (χ3v) is 21.4. The Bertz CT molecular complexity index is 3210. The topological polar surface area (TPSA) is 396 Å². The number of aliphatic hydroxyl groups excluding tert-OH is 1. The molecule has 2 aromatic carbocycles. The number of ketones is 2. The van der Waals surface area contributed by atoms with Crippen LogP contribution in [0.1, 0.15) is 102 Å². The second-order valence-corrected chi connectivity index (χ2v) is 32.5. The summed E-state index contributed by atoms with van der Waals surface area (Å²) >= 11 is 15.7. The predicted octanol–water partition coefficient (Wildman–Crippen LogP) is 5.01. The van der Waals surface area contributed by atoms with Gasteiger partial charge in [-0.25, -0.2) is 9.25 Å². The molecule has 0 spiro atoms. The van der Waals surface area contributed by atoms with Gasteiger partial charge in [-0.05, 0) is 79.2 Å². The monoisotopic (exact) mass is 1440 g/mol. The van der Waals surface area contributed by atoms with Gasteiger partial charge in [0.15, 0.2) is 0 Å². The summed E-state index contributed by atoms with van der Waals surface area (Å²) in [4.78, 5) is 108. The first-order valence-corrected chi connectivity index (χ1v) is 39.9. The smallest absolute Gasteiger partial charge is 0.390 e. The molecule has 30 nitrogen and oxygen atoms in total. The Hall–Kier alpha value is -3.21. The highest BCUT2D eigenvalue weighted by molar-refractivity contribution is 8.07. The fourth-order valence-corrected chi connectivity index (χ4v) is 16.2. The molecule has 93 heavy (non-hydrogen) atoms. The van der Waals surface area contributed by atoms with Crippen LogP contribution in [-0.2, 0) is 137 Å². The number of benzene rings is 2. The number of aryl methyl sites for hydroxylation is 1. The summed E-state index contributed by atoms with van der Waals surface area (Å²) < 4.78 is 86.5. The average molecular weight is 1440 g/mol. The van der Waals surface area contributed by atoms with Gasteiger partial charge in [-0.1, -0.05) is 47.7 Å². The lowest BCUT2D eigenvalue weighted by molar-refractivity contribution is -0.123. The number of nitrogens with two attached hydrogens (primary N) is 1. The van der Waals surface area contributed by atoms with E-state index in [9.17, 15) is 53.2 Å². The standard InChI is InChI=1S/C56H82N6O24P4S3/c1-37(63)58-39(31-53(57)67)10-6-7-23-62-56-42-12-3-2-9-38(42)32-61(44-14-5-4-13-43(44)55(56)59-60-62)54(68)15-8-11-40(64)16-24-74-25-17-41(65)18-30-79-87(69,70)80-34-50-46(20-27-76-50)84-89(72,92)82-36-52-48(22-29-78-52)86-90(73,93)83-35-51-47(21-28-77-51)85-88(71,91)81-33-49-45(66)19-26-75-49/h2-5,9,12-14,39,45-52,66H,6-8,10-11,15-36H2,1H3,(H2,57,67)(H,58,63)(H,69,70)(H,71,91)(H,72,92)(H,73,93)/t39-,45?,46+,47+,48?,49-,50+,51+,52-,88?,89?,90?/m1/s1. The number of phosphoric acid groups is 1. The molecule has 6 heterocycles. The summed E-state index contributed by atoms with van der Waals surface area (Å²) in [5.41, 5.74) is 9.96. The number of aliphatic hydroxyl groups is 1. The third-order valence-electron chi connectivity index (χ3n) is 15.7. The Labute approximate surface area is 553 Å². The van der Waals surface area contributed by atoms with Gasteiger partial charge in [0, 0.05) is 115 Å². The quantitative estimate of drug-likeness (QED) is 0.0290. The molecule has 13 atom stereocenters. The van der Waals surface area contributed by atoms with Crippen LogP contribution >= 0.6 is 28.0 Å². The number of phosphoric ester groups is 1. The molecule has 8 rings (SSSR count). The molecule has 8 N–H and O–H groups in total. The first-order valence-electron chi connectivity index (χ1n) is 30.6. The van der Waals surface area contributed by atoms with Crippen molar-refractivity contribution in [2.45, 2.75) is 165 Å². The van der Waals surface area contributed by atoms with Crippen molar-refractivity contribution in [3.63, 3.8) is 0 Å². The van der Waals surface area contributed by atoms with Crippen LogP contribution in [0.2, 0.25) is 0 Å². The van der Waals surface area contributed by atoms with E-state index in [-0.39, 0.29) is 140 Å². The van der Waals surface area contributed by atoms with Crippen LogP contribution in [0.15, 0.2) is 48.5 Å².